The van der Waals surface area contributed by atoms with Crippen LogP contribution in [0.4, 0.5) is 0 Å². The van der Waals surface area contributed by atoms with E-state index in [0.29, 0.717) is 32.5 Å². The van der Waals surface area contributed by atoms with E-state index in [0.717, 1.165) is 6.16 Å². The summed E-state index contributed by atoms with van der Waals surface area (Å²) < 4.78 is 0. The largest absolute Gasteiger partial charge is 0.112 e. The van der Waals surface area contributed by atoms with Gasteiger partial charge in [0.15, 0.2) is 0 Å². The van der Waals surface area contributed by atoms with Gasteiger partial charge in [-0.3, -0.25) is 0 Å². The van der Waals surface area contributed by atoms with Crippen LogP contribution in [0.2, 0.25) is 0 Å². The molecule has 0 aliphatic carbocycles. The second-order valence-electron chi connectivity index (χ2n) is 41.1. The van der Waals surface area contributed by atoms with Crippen LogP contribution in [-0.2, 0) is 0 Å². The maximum Gasteiger partial charge on any atom is 0.112 e. The first-order valence-electron chi connectivity index (χ1n) is 46.5. The van der Waals surface area contributed by atoms with E-state index in [-0.39, 0.29) is 0 Å². The maximum absolute atomic E-state index is 4.08. The molecule has 0 amide bonds. The number of rotatable bonds is 38. The monoisotopic (exact) mass is 1710 g/mol. The second-order valence-corrected chi connectivity index (χ2v) is 66.8. The summed E-state index contributed by atoms with van der Waals surface area (Å²) in [6, 6.07) is 89.6. The SMILES string of the molecule is C=CC[P+](CC)(CC)CCCC(C)(C)C.C=CC[P+](CCCC(C)(C)C)(c1ccccc1)c1ccccc1.CC(C)(C)CCC[P+](c1ccccc1)(c1ccccc1)c1ccccc1.CC[P+](CC)(CC)CCCC(C)(C)C.CC[P+](CC)(CCCC(C)(C)C)c1ccccc1.CC[P+](CCCC(C)(C)C)(c1ccccc1)c1ccccc1. The molecule has 0 bridgehead atoms. The van der Waals surface area contributed by atoms with Gasteiger partial charge in [0.1, 0.15) is 23.2 Å². The van der Waals surface area contributed by atoms with Crippen molar-refractivity contribution >= 4 is 86.0 Å². The average molecular weight is 1710 g/mol. The number of benzene rings is 8. The first-order chi connectivity index (χ1) is 55.7. The molecule has 652 valence electrons. The third-order valence-electron chi connectivity index (χ3n) is 24.9. The van der Waals surface area contributed by atoms with Crippen LogP contribution >= 0.6 is 43.6 Å². The smallest absolute Gasteiger partial charge is 0.0995 e. The van der Waals surface area contributed by atoms with E-state index in [2.05, 4.69) is 448 Å². The summed E-state index contributed by atoms with van der Waals surface area (Å²) in [6.45, 7) is 69.4. The standard InChI is InChI=1S/C25H30P.C22H30P.C21H30P.C17H30P.C14H30P.C13H30P/c1-25(2,3)20-13-21-26(22-14-7-4-8-15-22,23-16-9-5-10-17-23)24-18-11-6-12-19-24;1-5-18-23(19-12-17-22(2,3)4,20-13-8-6-9-14-20)21-15-10-7-11-16-21;1-5-22(18-12-17-21(2,3)4,19-13-8-6-9-14-19)20-15-10-7-11-16-20;1-6-18(7-2,15-11-14-17(3,4)5)16-12-9-8-10-13-16;1-7-12-15(8-2,9-3)13-10-11-14(4,5)6;1-7-14(8-2,9-3)12-10-11-13(4,5)6/h4-12,14-19H,13,20-21H2,1-3H3;5-11,13-16H,1,12,17-19H2,2-4H3;6-11,13-16H,5,12,17-18H2,1-4H3;8-10,12-13H,6-7,11,14-15H2,1-5H3;7H,1,8-13H2,2-6H3;7-12H2,1-6H3/q6*+1. The summed E-state index contributed by atoms with van der Waals surface area (Å²) in [6.07, 6.45) is 42.1. The Hall–Kier alpha value is -4.18. The fraction of sp³-hybridized carbons (Fsp3) is 0.536. The lowest BCUT2D eigenvalue weighted by Crippen LogP contribution is -2.33. The fourth-order valence-corrected chi connectivity index (χ4v) is 39.4. The molecule has 6 heteroatoms. The van der Waals surface area contributed by atoms with Gasteiger partial charge in [-0.15, -0.1) is 0 Å². The lowest BCUT2D eigenvalue weighted by Gasteiger charge is -2.29. The molecule has 8 rings (SSSR count). The van der Waals surface area contributed by atoms with Crippen molar-refractivity contribution in [3.8, 4) is 0 Å². The van der Waals surface area contributed by atoms with Crippen LogP contribution < -0.4 is 42.4 Å². The molecular formula is C112H180P6+6. The van der Waals surface area contributed by atoms with Gasteiger partial charge < -0.3 is 0 Å². The van der Waals surface area contributed by atoms with Crippen molar-refractivity contribution in [2.75, 3.05) is 98.6 Å². The molecule has 0 nitrogen and oxygen atoms in total. The number of allylic oxidation sites excluding steroid dienone is 2. The predicted octanol–water partition coefficient (Wildman–Crippen LogP) is 32.1. The Bertz CT molecular complexity index is 3630. The lowest BCUT2D eigenvalue weighted by molar-refractivity contribution is 0.374. The van der Waals surface area contributed by atoms with E-state index < -0.39 is 43.6 Å². The molecule has 0 radical (unpaired) electrons. The molecular weight excluding hydrogens is 1530 g/mol. The molecule has 8 aromatic carbocycles. The van der Waals surface area contributed by atoms with Crippen molar-refractivity contribution in [2.24, 2.45) is 32.5 Å². The van der Waals surface area contributed by atoms with Crippen molar-refractivity contribution in [2.45, 2.75) is 257 Å². The van der Waals surface area contributed by atoms with Crippen molar-refractivity contribution in [3.05, 3.63) is 268 Å². The Labute approximate surface area is 736 Å². The summed E-state index contributed by atoms with van der Waals surface area (Å²) in [4.78, 5) is 0. The molecule has 0 saturated carbocycles. The molecule has 0 atom stereocenters. The molecule has 0 saturated heterocycles. The van der Waals surface area contributed by atoms with E-state index >= 15 is 0 Å². The van der Waals surface area contributed by atoms with Crippen molar-refractivity contribution in [1.29, 1.82) is 0 Å². The average Bonchev–Trinajstić information content (AvgIpc) is 0.765. The minimum atomic E-state index is -1.64. The molecule has 0 spiro atoms. The van der Waals surface area contributed by atoms with Crippen molar-refractivity contribution in [3.63, 3.8) is 0 Å². The first kappa shape index (κ1) is 108. The lowest BCUT2D eigenvalue weighted by atomic mass is 9.91. The predicted molar refractivity (Wildman–Crippen MR) is 566 cm³/mol. The molecule has 118 heavy (non-hydrogen) atoms. The van der Waals surface area contributed by atoms with Crippen LogP contribution in [-0.4, -0.2) is 98.6 Å². The number of hydrogen-bond donors (Lipinski definition) is 0. The molecule has 0 N–H and O–H groups in total. The van der Waals surface area contributed by atoms with Gasteiger partial charge in [0, 0.05) is 21.8 Å². The zero-order valence-corrected chi connectivity index (χ0v) is 86.5. The second kappa shape index (κ2) is 53.9. The van der Waals surface area contributed by atoms with Gasteiger partial charge in [-0.1, -0.05) is 296 Å². The van der Waals surface area contributed by atoms with Crippen LogP contribution in [0.1, 0.15) is 257 Å². The van der Waals surface area contributed by atoms with Crippen LogP contribution in [0.15, 0.2) is 268 Å². The van der Waals surface area contributed by atoms with Gasteiger partial charge in [-0.05, 0) is 262 Å². The van der Waals surface area contributed by atoms with Crippen molar-refractivity contribution < 1.29 is 0 Å². The Kier molecular flexibility index (Phi) is 49.3. The topological polar surface area (TPSA) is 0 Å². The van der Waals surface area contributed by atoms with E-state index in [4.69, 9.17) is 0 Å². The normalized spacial score (nSPS) is 12.5. The van der Waals surface area contributed by atoms with Crippen LogP contribution in [0.5, 0.6) is 0 Å². The van der Waals surface area contributed by atoms with Gasteiger partial charge in [0.2, 0.25) is 0 Å². The van der Waals surface area contributed by atoms with Gasteiger partial charge in [-0.2, -0.15) is 0 Å². The molecule has 0 aromatic heterocycles. The van der Waals surface area contributed by atoms with Gasteiger partial charge in [0.25, 0.3) is 0 Å². The summed E-state index contributed by atoms with van der Waals surface area (Å²) >= 11 is 0. The Morgan fingerprint density at radius 3 is 0.661 bits per heavy atom. The third kappa shape index (κ3) is 38.9. The van der Waals surface area contributed by atoms with Gasteiger partial charge in [-0.25, -0.2) is 0 Å². The van der Waals surface area contributed by atoms with Crippen LogP contribution in [0, 0.1) is 32.5 Å². The molecule has 0 heterocycles. The molecule has 8 aromatic rings. The summed E-state index contributed by atoms with van der Waals surface area (Å²) in [5.74, 6) is 0. The van der Waals surface area contributed by atoms with Gasteiger partial charge in [0.05, 0.1) is 140 Å². The maximum atomic E-state index is 4.08. The summed E-state index contributed by atoms with van der Waals surface area (Å²) in [5.41, 5.74) is 2.72. The minimum Gasteiger partial charge on any atom is -0.0995 e. The Morgan fingerprint density at radius 2 is 0.424 bits per heavy atom. The number of hydrogen-bond acceptors (Lipinski definition) is 0. The van der Waals surface area contributed by atoms with E-state index in [1.807, 2.05) is 0 Å². The summed E-state index contributed by atoms with van der Waals surface area (Å²) in [7, 11) is -6.40. The zero-order valence-electron chi connectivity index (χ0n) is 81.1. The Balaban J connectivity index is 0.000000371. The highest BCUT2D eigenvalue weighted by molar-refractivity contribution is 7.95. The van der Waals surface area contributed by atoms with E-state index in [9.17, 15) is 0 Å². The minimum absolute atomic E-state index is 0.375. The van der Waals surface area contributed by atoms with E-state index in [1.54, 1.807) is 15.9 Å². The molecule has 0 aliphatic heterocycles. The first-order valence-corrected chi connectivity index (χ1v) is 60.2. The highest BCUT2D eigenvalue weighted by atomic mass is 31.2. The molecule has 0 aliphatic rings. The zero-order chi connectivity index (χ0) is 88.1. The molecule has 0 fully saturated rings. The van der Waals surface area contributed by atoms with Crippen LogP contribution in [0.3, 0.4) is 0 Å². The van der Waals surface area contributed by atoms with Gasteiger partial charge >= 0.3 is 0 Å². The highest BCUT2D eigenvalue weighted by Crippen LogP contribution is 2.62. The highest BCUT2D eigenvalue weighted by Gasteiger charge is 2.46. The molecule has 0 unspecified atom stereocenters. The fourth-order valence-electron chi connectivity index (χ4n) is 17.1. The van der Waals surface area contributed by atoms with E-state index in [1.165, 1.54) is 196 Å². The Morgan fingerprint density at radius 1 is 0.212 bits per heavy atom. The van der Waals surface area contributed by atoms with Crippen molar-refractivity contribution in [1.82, 2.24) is 0 Å². The summed E-state index contributed by atoms with van der Waals surface area (Å²) in [5, 5.41) is 12.3. The third-order valence-corrected chi connectivity index (χ3v) is 54.0. The quantitative estimate of drug-likeness (QED) is 0.0267. The van der Waals surface area contributed by atoms with Crippen LogP contribution in [0.25, 0.3) is 0 Å².